The van der Waals surface area contributed by atoms with Gasteiger partial charge in [0, 0.05) is 24.2 Å². The largest absolute Gasteiger partial charge is 0.370 e. The SMILES string of the molecule is CCCNc1ncc(C(=O)NC(C)C)c2ccccc12. The highest BCUT2D eigenvalue weighted by Gasteiger charge is 2.13. The third kappa shape index (κ3) is 3.07. The van der Waals surface area contributed by atoms with E-state index in [9.17, 15) is 4.79 Å². The van der Waals surface area contributed by atoms with Gasteiger partial charge in [-0.2, -0.15) is 0 Å². The van der Waals surface area contributed by atoms with Crippen molar-refractivity contribution in [1.82, 2.24) is 10.3 Å². The molecule has 0 unspecified atom stereocenters. The quantitative estimate of drug-likeness (QED) is 0.878. The molecule has 0 saturated heterocycles. The van der Waals surface area contributed by atoms with E-state index in [1.165, 1.54) is 0 Å². The zero-order valence-corrected chi connectivity index (χ0v) is 12.2. The van der Waals surface area contributed by atoms with E-state index in [2.05, 4.69) is 22.5 Å². The van der Waals surface area contributed by atoms with Crippen LogP contribution in [0.4, 0.5) is 5.82 Å². The van der Waals surface area contributed by atoms with Gasteiger partial charge in [0.2, 0.25) is 0 Å². The predicted molar refractivity (Wildman–Crippen MR) is 83.1 cm³/mol. The number of amides is 1. The lowest BCUT2D eigenvalue weighted by Gasteiger charge is -2.13. The van der Waals surface area contributed by atoms with Crippen LogP contribution in [-0.4, -0.2) is 23.5 Å². The molecule has 0 atom stereocenters. The van der Waals surface area contributed by atoms with E-state index in [1.807, 2.05) is 38.1 Å². The summed E-state index contributed by atoms with van der Waals surface area (Å²) in [6.07, 6.45) is 2.68. The number of pyridine rings is 1. The molecule has 2 rings (SSSR count). The second-order valence-corrected chi connectivity index (χ2v) is 5.12. The van der Waals surface area contributed by atoms with Crippen molar-refractivity contribution in [2.24, 2.45) is 0 Å². The maximum Gasteiger partial charge on any atom is 0.253 e. The van der Waals surface area contributed by atoms with Gasteiger partial charge in [-0.3, -0.25) is 4.79 Å². The number of nitrogens with zero attached hydrogens (tertiary/aromatic N) is 1. The zero-order chi connectivity index (χ0) is 14.5. The monoisotopic (exact) mass is 271 g/mol. The van der Waals surface area contributed by atoms with Crippen molar-refractivity contribution >= 4 is 22.5 Å². The summed E-state index contributed by atoms with van der Waals surface area (Å²) in [4.78, 5) is 16.6. The minimum atomic E-state index is -0.0780. The van der Waals surface area contributed by atoms with Crippen molar-refractivity contribution in [3.8, 4) is 0 Å². The molecule has 0 radical (unpaired) electrons. The van der Waals surface area contributed by atoms with Gasteiger partial charge in [0.15, 0.2) is 0 Å². The van der Waals surface area contributed by atoms with Crippen LogP contribution in [-0.2, 0) is 0 Å². The van der Waals surface area contributed by atoms with Crippen LogP contribution >= 0.6 is 0 Å². The minimum absolute atomic E-state index is 0.0780. The van der Waals surface area contributed by atoms with Gasteiger partial charge < -0.3 is 10.6 Å². The molecule has 1 heterocycles. The third-order valence-electron chi connectivity index (χ3n) is 3.00. The van der Waals surface area contributed by atoms with E-state index in [0.717, 1.165) is 29.6 Å². The lowest BCUT2D eigenvalue weighted by molar-refractivity contribution is 0.0944. The molecule has 0 saturated carbocycles. The van der Waals surface area contributed by atoms with Gasteiger partial charge in [0.05, 0.1) is 5.56 Å². The first-order chi connectivity index (χ1) is 9.63. The van der Waals surface area contributed by atoms with Gasteiger partial charge in [-0.25, -0.2) is 4.98 Å². The number of rotatable bonds is 5. The lowest BCUT2D eigenvalue weighted by atomic mass is 10.1. The molecule has 2 N–H and O–H groups in total. The molecule has 0 aliphatic rings. The van der Waals surface area contributed by atoms with E-state index in [4.69, 9.17) is 0 Å². The molecule has 1 aromatic carbocycles. The van der Waals surface area contributed by atoms with E-state index < -0.39 is 0 Å². The lowest BCUT2D eigenvalue weighted by Crippen LogP contribution is -2.30. The number of fused-ring (bicyclic) bond motifs is 1. The standard InChI is InChI=1S/C16H21N3O/c1-4-9-17-15-13-8-6-5-7-12(13)14(10-18-15)16(20)19-11(2)3/h5-8,10-11H,4,9H2,1-3H3,(H,17,18)(H,19,20). The summed E-state index contributed by atoms with van der Waals surface area (Å²) in [5.41, 5.74) is 0.622. The molecule has 0 spiro atoms. The molecule has 106 valence electrons. The molecule has 20 heavy (non-hydrogen) atoms. The van der Waals surface area contributed by atoms with Crippen molar-refractivity contribution in [3.63, 3.8) is 0 Å². The molecule has 0 bridgehead atoms. The van der Waals surface area contributed by atoms with Gasteiger partial charge in [-0.05, 0) is 25.7 Å². The molecule has 4 heteroatoms. The van der Waals surface area contributed by atoms with Crippen molar-refractivity contribution in [1.29, 1.82) is 0 Å². The zero-order valence-electron chi connectivity index (χ0n) is 12.2. The van der Waals surface area contributed by atoms with Crippen molar-refractivity contribution in [3.05, 3.63) is 36.0 Å². The number of benzene rings is 1. The number of carbonyl (C=O) groups is 1. The van der Waals surface area contributed by atoms with E-state index in [0.29, 0.717) is 5.56 Å². The molecule has 2 aromatic rings. The van der Waals surface area contributed by atoms with Crippen molar-refractivity contribution in [2.75, 3.05) is 11.9 Å². The Kier molecular flexibility index (Phi) is 4.56. The molecule has 4 nitrogen and oxygen atoms in total. The second-order valence-electron chi connectivity index (χ2n) is 5.12. The van der Waals surface area contributed by atoms with Crippen LogP contribution in [0.2, 0.25) is 0 Å². The fourth-order valence-corrected chi connectivity index (χ4v) is 2.10. The Bertz CT molecular complexity index is 608. The number of hydrogen-bond acceptors (Lipinski definition) is 3. The first kappa shape index (κ1) is 14.3. The summed E-state index contributed by atoms with van der Waals surface area (Å²) in [6.45, 7) is 6.88. The fraction of sp³-hybridized carbons (Fsp3) is 0.375. The second kappa shape index (κ2) is 6.37. The normalized spacial score (nSPS) is 10.8. The topological polar surface area (TPSA) is 54.0 Å². The Morgan fingerprint density at radius 2 is 1.95 bits per heavy atom. The van der Waals surface area contributed by atoms with Crippen LogP contribution in [0.5, 0.6) is 0 Å². The Morgan fingerprint density at radius 1 is 1.25 bits per heavy atom. The summed E-state index contributed by atoms with van der Waals surface area (Å²) in [6, 6.07) is 7.97. The summed E-state index contributed by atoms with van der Waals surface area (Å²) in [5, 5.41) is 8.13. The highest BCUT2D eigenvalue weighted by molar-refractivity contribution is 6.09. The van der Waals surface area contributed by atoms with Gasteiger partial charge in [0.1, 0.15) is 5.82 Å². The molecule has 1 aromatic heterocycles. The number of aromatic nitrogens is 1. The highest BCUT2D eigenvalue weighted by atomic mass is 16.1. The minimum Gasteiger partial charge on any atom is -0.370 e. The van der Waals surface area contributed by atoms with Crippen LogP contribution in [0.1, 0.15) is 37.6 Å². The number of nitrogens with one attached hydrogen (secondary N) is 2. The van der Waals surface area contributed by atoms with Crippen molar-refractivity contribution in [2.45, 2.75) is 33.2 Å². The number of anilines is 1. The summed E-state index contributed by atoms with van der Waals surface area (Å²) >= 11 is 0. The first-order valence-corrected chi connectivity index (χ1v) is 7.06. The summed E-state index contributed by atoms with van der Waals surface area (Å²) in [5.74, 6) is 0.759. The average molecular weight is 271 g/mol. The summed E-state index contributed by atoms with van der Waals surface area (Å²) in [7, 11) is 0. The summed E-state index contributed by atoms with van der Waals surface area (Å²) < 4.78 is 0. The molecule has 1 amide bonds. The van der Waals surface area contributed by atoms with Gasteiger partial charge >= 0.3 is 0 Å². The van der Waals surface area contributed by atoms with Crippen LogP contribution in [0.3, 0.4) is 0 Å². The maximum absolute atomic E-state index is 12.2. The fourth-order valence-electron chi connectivity index (χ4n) is 2.10. The third-order valence-corrected chi connectivity index (χ3v) is 3.00. The predicted octanol–water partition coefficient (Wildman–Crippen LogP) is 3.19. The molecule has 0 fully saturated rings. The smallest absolute Gasteiger partial charge is 0.253 e. The van der Waals surface area contributed by atoms with Gasteiger partial charge in [-0.1, -0.05) is 31.2 Å². The molecule has 0 aliphatic carbocycles. The van der Waals surface area contributed by atoms with Gasteiger partial charge in [-0.15, -0.1) is 0 Å². The number of hydrogen-bond donors (Lipinski definition) is 2. The van der Waals surface area contributed by atoms with Gasteiger partial charge in [0.25, 0.3) is 5.91 Å². The molecular weight excluding hydrogens is 250 g/mol. The van der Waals surface area contributed by atoms with Crippen LogP contribution in [0, 0.1) is 0 Å². The van der Waals surface area contributed by atoms with E-state index in [-0.39, 0.29) is 11.9 Å². The number of carbonyl (C=O) groups excluding carboxylic acids is 1. The Hall–Kier alpha value is -2.10. The molecular formula is C16H21N3O. The first-order valence-electron chi connectivity index (χ1n) is 7.06. The van der Waals surface area contributed by atoms with Crippen LogP contribution in [0.25, 0.3) is 10.8 Å². The average Bonchev–Trinajstić information content (AvgIpc) is 2.43. The van der Waals surface area contributed by atoms with E-state index >= 15 is 0 Å². The molecule has 0 aliphatic heterocycles. The Labute approximate surface area is 119 Å². The van der Waals surface area contributed by atoms with E-state index in [1.54, 1.807) is 6.20 Å². The van der Waals surface area contributed by atoms with Crippen LogP contribution in [0.15, 0.2) is 30.5 Å². The van der Waals surface area contributed by atoms with Crippen molar-refractivity contribution < 1.29 is 4.79 Å². The Morgan fingerprint density at radius 3 is 2.60 bits per heavy atom. The van der Waals surface area contributed by atoms with Crippen LogP contribution < -0.4 is 10.6 Å². The highest BCUT2D eigenvalue weighted by Crippen LogP contribution is 2.24. The maximum atomic E-state index is 12.2. The Balaban J connectivity index is 2.45.